The number of halogens is 1. The molecule has 6 heteroatoms. The van der Waals surface area contributed by atoms with Crippen LogP contribution in [0.2, 0.25) is 0 Å². The fraction of sp³-hybridized carbons (Fsp3) is 0.211. The standard InChI is InChI=1S/C19H16FN3O2/c20-15-7-5-14(6-8-15)19-21-17(25-22-19)9-10-18(24)23-12-11-13-3-1-2-4-16(13)23/h1-8H,9-12H2. The zero-order chi connectivity index (χ0) is 17.2. The number of rotatable bonds is 4. The van der Waals surface area contributed by atoms with E-state index in [1.54, 1.807) is 12.1 Å². The lowest BCUT2D eigenvalue weighted by atomic mass is 10.2. The van der Waals surface area contributed by atoms with Gasteiger partial charge in [-0.25, -0.2) is 4.39 Å². The molecule has 0 bridgehead atoms. The van der Waals surface area contributed by atoms with Crippen LogP contribution in [0.25, 0.3) is 11.4 Å². The maximum atomic E-state index is 13.0. The van der Waals surface area contributed by atoms with Gasteiger partial charge in [0.25, 0.3) is 0 Å². The lowest BCUT2D eigenvalue weighted by Crippen LogP contribution is -2.29. The van der Waals surface area contributed by atoms with E-state index in [-0.39, 0.29) is 11.7 Å². The smallest absolute Gasteiger partial charge is 0.227 e. The number of carbonyl (C=O) groups is 1. The van der Waals surface area contributed by atoms with E-state index < -0.39 is 0 Å². The van der Waals surface area contributed by atoms with Gasteiger partial charge in [0.05, 0.1) is 0 Å². The van der Waals surface area contributed by atoms with Crippen molar-refractivity contribution in [3.8, 4) is 11.4 Å². The largest absolute Gasteiger partial charge is 0.339 e. The van der Waals surface area contributed by atoms with Gasteiger partial charge in [0, 0.05) is 30.6 Å². The summed E-state index contributed by atoms with van der Waals surface area (Å²) in [4.78, 5) is 18.6. The van der Waals surface area contributed by atoms with Gasteiger partial charge in [-0.15, -0.1) is 0 Å². The minimum absolute atomic E-state index is 0.0477. The molecule has 5 nitrogen and oxygen atoms in total. The molecule has 0 aliphatic carbocycles. The molecule has 126 valence electrons. The molecule has 0 saturated carbocycles. The van der Waals surface area contributed by atoms with Crippen molar-refractivity contribution in [1.82, 2.24) is 10.1 Å². The molecule has 0 spiro atoms. The molecule has 0 unspecified atom stereocenters. The minimum atomic E-state index is -0.316. The van der Waals surface area contributed by atoms with Gasteiger partial charge in [-0.05, 0) is 42.3 Å². The molecule has 1 aromatic heterocycles. The summed E-state index contributed by atoms with van der Waals surface area (Å²) in [6.45, 7) is 0.711. The molecule has 0 atom stereocenters. The van der Waals surface area contributed by atoms with Crippen LogP contribution < -0.4 is 4.90 Å². The van der Waals surface area contributed by atoms with E-state index in [0.29, 0.717) is 36.7 Å². The van der Waals surface area contributed by atoms with Crippen LogP contribution in [-0.2, 0) is 17.6 Å². The highest BCUT2D eigenvalue weighted by Gasteiger charge is 2.24. The molecule has 0 saturated heterocycles. The van der Waals surface area contributed by atoms with E-state index in [1.165, 1.54) is 17.7 Å². The maximum absolute atomic E-state index is 13.0. The predicted octanol–water partition coefficient (Wildman–Crippen LogP) is 3.40. The van der Waals surface area contributed by atoms with Crippen LogP contribution >= 0.6 is 0 Å². The van der Waals surface area contributed by atoms with E-state index in [2.05, 4.69) is 16.2 Å². The van der Waals surface area contributed by atoms with Gasteiger partial charge < -0.3 is 9.42 Å². The molecule has 0 radical (unpaired) electrons. The van der Waals surface area contributed by atoms with E-state index in [4.69, 9.17) is 4.52 Å². The highest BCUT2D eigenvalue weighted by atomic mass is 19.1. The molecular weight excluding hydrogens is 321 g/mol. The molecule has 2 heterocycles. The predicted molar refractivity (Wildman–Crippen MR) is 90.5 cm³/mol. The Morgan fingerprint density at radius 1 is 1.16 bits per heavy atom. The summed E-state index contributed by atoms with van der Waals surface area (Å²) in [7, 11) is 0. The molecule has 1 amide bonds. The van der Waals surface area contributed by atoms with E-state index in [9.17, 15) is 9.18 Å². The van der Waals surface area contributed by atoms with Gasteiger partial charge in [0.15, 0.2) is 0 Å². The van der Waals surface area contributed by atoms with Crippen molar-refractivity contribution in [3.63, 3.8) is 0 Å². The number of nitrogens with zero attached hydrogens (tertiary/aromatic N) is 3. The summed E-state index contributed by atoms with van der Waals surface area (Å²) in [5, 5.41) is 3.89. The lowest BCUT2D eigenvalue weighted by molar-refractivity contribution is -0.118. The molecule has 4 rings (SSSR count). The average molecular weight is 337 g/mol. The van der Waals surface area contributed by atoms with Crippen LogP contribution in [0.3, 0.4) is 0 Å². The highest BCUT2D eigenvalue weighted by molar-refractivity contribution is 5.95. The van der Waals surface area contributed by atoms with Gasteiger partial charge in [-0.1, -0.05) is 23.4 Å². The molecule has 3 aromatic rings. The molecular formula is C19H16FN3O2. The number of fused-ring (bicyclic) bond motifs is 1. The van der Waals surface area contributed by atoms with Crippen molar-refractivity contribution in [2.75, 3.05) is 11.4 Å². The van der Waals surface area contributed by atoms with E-state index in [0.717, 1.165) is 12.1 Å². The van der Waals surface area contributed by atoms with Gasteiger partial charge in [-0.3, -0.25) is 4.79 Å². The minimum Gasteiger partial charge on any atom is -0.339 e. The highest BCUT2D eigenvalue weighted by Crippen LogP contribution is 2.28. The second kappa shape index (κ2) is 6.47. The Kier molecular flexibility index (Phi) is 4.01. The third kappa shape index (κ3) is 3.15. The number of benzene rings is 2. The Labute approximate surface area is 144 Å². The summed E-state index contributed by atoms with van der Waals surface area (Å²) in [6, 6.07) is 13.8. The summed E-state index contributed by atoms with van der Waals surface area (Å²) in [5.74, 6) is 0.532. The molecule has 1 aliphatic rings. The Bertz CT molecular complexity index is 905. The van der Waals surface area contributed by atoms with Crippen LogP contribution in [0.5, 0.6) is 0 Å². The zero-order valence-electron chi connectivity index (χ0n) is 13.5. The summed E-state index contributed by atoms with van der Waals surface area (Å²) < 4.78 is 18.2. The number of anilines is 1. The topological polar surface area (TPSA) is 59.2 Å². The number of aryl methyl sites for hydroxylation is 1. The number of carbonyl (C=O) groups excluding carboxylic acids is 1. The number of hydrogen-bond acceptors (Lipinski definition) is 4. The maximum Gasteiger partial charge on any atom is 0.227 e. The van der Waals surface area contributed by atoms with Crippen molar-refractivity contribution in [2.24, 2.45) is 0 Å². The quantitative estimate of drug-likeness (QED) is 0.732. The summed E-state index contributed by atoms with van der Waals surface area (Å²) in [5.41, 5.74) is 2.87. The third-order valence-corrected chi connectivity index (χ3v) is 4.31. The van der Waals surface area contributed by atoms with Crippen molar-refractivity contribution >= 4 is 11.6 Å². The summed E-state index contributed by atoms with van der Waals surface area (Å²) in [6.07, 6.45) is 1.57. The van der Waals surface area contributed by atoms with Crippen molar-refractivity contribution in [3.05, 3.63) is 65.8 Å². The monoisotopic (exact) mass is 337 g/mol. The first-order valence-corrected chi connectivity index (χ1v) is 8.17. The van der Waals surface area contributed by atoms with Crippen molar-refractivity contribution < 1.29 is 13.7 Å². The Hall–Kier alpha value is -3.02. The molecule has 25 heavy (non-hydrogen) atoms. The number of para-hydroxylation sites is 1. The Morgan fingerprint density at radius 3 is 2.80 bits per heavy atom. The van der Waals surface area contributed by atoms with Crippen LogP contribution in [0, 0.1) is 5.82 Å². The third-order valence-electron chi connectivity index (χ3n) is 4.31. The normalized spacial score (nSPS) is 13.1. The molecule has 1 aliphatic heterocycles. The number of aromatic nitrogens is 2. The van der Waals surface area contributed by atoms with Gasteiger partial charge in [0.1, 0.15) is 5.82 Å². The first-order valence-electron chi connectivity index (χ1n) is 8.17. The molecule has 0 N–H and O–H groups in total. The second-order valence-electron chi connectivity index (χ2n) is 5.94. The van der Waals surface area contributed by atoms with Gasteiger partial charge >= 0.3 is 0 Å². The Morgan fingerprint density at radius 2 is 1.96 bits per heavy atom. The van der Waals surface area contributed by atoms with Gasteiger partial charge in [-0.2, -0.15) is 4.98 Å². The molecule has 2 aromatic carbocycles. The van der Waals surface area contributed by atoms with E-state index >= 15 is 0 Å². The van der Waals surface area contributed by atoms with E-state index in [1.807, 2.05) is 23.1 Å². The van der Waals surface area contributed by atoms with Crippen LogP contribution in [0.1, 0.15) is 17.9 Å². The number of amides is 1. The van der Waals surface area contributed by atoms with Gasteiger partial charge in [0.2, 0.25) is 17.6 Å². The average Bonchev–Trinajstić information content (AvgIpc) is 3.27. The lowest BCUT2D eigenvalue weighted by Gasteiger charge is -2.16. The van der Waals surface area contributed by atoms with Crippen molar-refractivity contribution in [1.29, 1.82) is 0 Å². The first-order chi connectivity index (χ1) is 12.2. The first kappa shape index (κ1) is 15.5. The molecule has 0 fully saturated rings. The fourth-order valence-electron chi connectivity index (χ4n) is 3.02. The van der Waals surface area contributed by atoms with Crippen LogP contribution in [0.15, 0.2) is 53.1 Å². The van der Waals surface area contributed by atoms with Crippen LogP contribution in [-0.4, -0.2) is 22.6 Å². The second-order valence-corrected chi connectivity index (χ2v) is 5.94. The van der Waals surface area contributed by atoms with Crippen molar-refractivity contribution in [2.45, 2.75) is 19.3 Å². The van der Waals surface area contributed by atoms with Crippen LogP contribution in [0.4, 0.5) is 10.1 Å². The summed E-state index contributed by atoms with van der Waals surface area (Å²) >= 11 is 0. The number of hydrogen-bond donors (Lipinski definition) is 0. The fourth-order valence-corrected chi connectivity index (χ4v) is 3.02. The Balaban J connectivity index is 1.41. The zero-order valence-corrected chi connectivity index (χ0v) is 13.5. The SMILES string of the molecule is O=C(CCc1nc(-c2ccc(F)cc2)no1)N1CCc2ccccc21.